The normalized spacial score (nSPS) is 17.7. The van der Waals surface area contributed by atoms with Crippen LogP contribution >= 0.6 is 0 Å². The van der Waals surface area contributed by atoms with E-state index in [4.69, 9.17) is 9.47 Å². The summed E-state index contributed by atoms with van der Waals surface area (Å²) in [5.74, 6) is 0.152. The fourth-order valence-corrected chi connectivity index (χ4v) is 2.71. The van der Waals surface area contributed by atoms with Crippen molar-refractivity contribution in [1.29, 1.82) is 0 Å². The summed E-state index contributed by atoms with van der Waals surface area (Å²) in [7, 11) is 1.41. The van der Waals surface area contributed by atoms with Gasteiger partial charge in [-0.15, -0.1) is 0 Å². The first-order valence-corrected chi connectivity index (χ1v) is 8.16. The fourth-order valence-electron chi connectivity index (χ4n) is 2.71. The lowest BCUT2D eigenvalue weighted by Crippen LogP contribution is -2.27. The van der Waals surface area contributed by atoms with Gasteiger partial charge in [-0.25, -0.2) is 9.59 Å². The van der Waals surface area contributed by atoms with Crippen LogP contribution in [-0.2, 0) is 14.3 Å². The van der Waals surface area contributed by atoms with E-state index in [-0.39, 0.29) is 5.97 Å². The molecule has 0 saturated heterocycles. The van der Waals surface area contributed by atoms with Crippen LogP contribution in [0.5, 0.6) is 0 Å². The van der Waals surface area contributed by atoms with E-state index < -0.39 is 11.7 Å². The van der Waals surface area contributed by atoms with Crippen molar-refractivity contribution in [3.63, 3.8) is 0 Å². The largest absolute Gasteiger partial charge is 0.466 e. The number of carbonyl (C=O) groups is 2. The van der Waals surface area contributed by atoms with Gasteiger partial charge in [0.05, 0.1) is 7.11 Å². The van der Waals surface area contributed by atoms with Crippen molar-refractivity contribution in [2.75, 3.05) is 12.4 Å². The van der Waals surface area contributed by atoms with Crippen LogP contribution in [0.2, 0.25) is 0 Å². The number of hydrogen-bond donors (Lipinski definition) is 1. The highest BCUT2D eigenvalue weighted by Gasteiger charge is 2.20. The Morgan fingerprint density at radius 1 is 1.17 bits per heavy atom. The van der Waals surface area contributed by atoms with Crippen LogP contribution in [0.15, 0.2) is 35.9 Å². The van der Waals surface area contributed by atoms with Crippen LogP contribution in [-0.4, -0.2) is 24.8 Å². The van der Waals surface area contributed by atoms with E-state index in [1.54, 1.807) is 0 Å². The SMILES string of the molecule is COC(=O)C1=CCC(c2ccc(NC(=O)OC(C)(C)C)cc2)CC1. The van der Waals surface area contributed by atoms with Crippen LogP contribution in [0.1, 0.15) is 51.5 Å². The molecular formula is C19H25NO4. The zero-order valence-corrected chi connectivity index (χ0v) is 14.7. The van der Waals surface area contributed by atoms with E-state index in [1.807, 2.05) is 51.1 Å². The van der Waals surface area contributed by atoms with Gasteiger partial charge < -0.3 is 9.47 Å². The maximum Gasteiger partial charge on any atom is 0.412 e. The van der Waals surface area contributed by atoms with Crippen molar-refractivity contribution in [3.8, 4) is 0 Å². The number of ether oxygens (including phenoxy) is 2. The number of benzene rings is 1. The van der Waals surface area contributed by atoms with E-state index in [9.17, 15) is 9.59 Å². The van der Waals surface area contributed by atoms with E-state index in [1.165, 1.54) is 12.7 Å². The molecule has 1 unspecified atom stereocenters. The van der Waals surface area contributed by atoms with Gasteiger partial charge in [0.2, 0.25) is 0 Å². The van der Waals surface area contributed by atoms with Crippen molar-refractivity contribution in [3.05, 3.63) is 41.5 Å². The van der Waals surface area contributed by atoms with Crippen LogP contribution < -0.4 is 5.32 Å². The molecule has 2 rings (SSSR count). The maximum atomic E-state index is 11.8. The topological polar surface area (TPSA) is 64.6 Å². The molecule has 1 aromatic carbocycles. The summed E-state index contributed by atoms with van der Waals surface area (Å²) in [6.07, 6.45) is 3.98. The van der Waals surface area contributed by atoms with Crippen LogP contribution in [0.3, 0.4) is 0 Å². The Kier molecular flexibility index (Phi) is 5.65. The van der Waals surface area contributed by atoms with E-state index in [2.05, 4.69) is 5.32 Å². The number of amides is 1. The van der Waals surface area contributed by atoms with Gasteiger partial charge in [-0.05, 0) is 63.6 Å². The third-order valence-electron chi connectivity index (χ3n) is 3.89. The number of anilines is 1. The van der Waals surface area contributed by atoms with Crippen LogP contribution in [0.4, 0.5) is 10.5 Å². The number of hydrogen-bond acceptors (Lipinski definition) is 4. The Morgan fingerprint density at radius 3 is 2.33 bits per heavy atom. The number of esters is 1. The number of methoxy groups -OCH3 is 1. The Labute approximate surface area is 143 Å². The first kappa shape index (κ1) is 18.0. The van der Waals surface area contributed by atoms with Crippen molar-refractivity contribution < 1.29 is 19.1 Å². The van der Waals surface area contributed by atoms with Crippen LogP contribution in [0, 0.1) is 0 Å². The van der Waals surface area contributed by atoms with Gasteiger partial charge in [0.1, 0.15) is 5.60 Å². The molecule has 0 saturated carbocycles. The first-order valence-electron chi connectivity index (χ1n) is 8.16. The molecule has 5 heteroatoms. The second-order valence-corrected chi connectivity index (χ2v) is 6.94. The van der Waals surface area contributed by atoms with Gasteiger partial charge >= 0.3 is 12.1 Å². The number of rotatable bonds is 3. The molecule has 0 radical (unpaired) electrons. The summed E-state index contributed by atoms with van der Waals surface area (Å²) in [5.41, 5.74) is 2.15. The van der Waals surface area contributed by atoms with E-state index in [0.29, 0.717) is 11.6 Å². The third-order valence-corrected chi connectivity index (χ3v) is 3.89. The molecule has 130 valence electrons. The molecule has 24 heavy (non-hydrogen) atoms. The molecule has 1 aromatic rings. The second-order valence-electron chi connectivity index (χ2n) is 6.94. The Morgan fingerprint density at radius 2 is 1.83 bits per heavy atom. The minimum Gasteiger partial charge on any atom is -0.466 e. The highest BCUT2D eigenvalue weighted by Crippen LogP contribution is 2.33. The molecule has 1 aliphatic rings. The molecule has 1 atom stereocenters. The smallest absolute Gasteiger partial charge is 0.412 e. The number of carbonyl (C=O) groups excluding carboxylic acids is 2. The minimum atomic E-state index is -0.518. The molecule has 0 aromatic heterocycles. The van der Waals surface area contributed by atoms with Gasteiger partial charge in [0.15, 0.2) is 0 Å². The standard InChI is InChI=1S/C19H25NO4/c1-19(2,3)24-18(22)20-16-11-9-14(10-12-16)13-5-7-15(8-6-13)17(21)23-4/h7,9-13H,5-6,8H2,1-4H3,(H,20,22). The lowest BCUT2D eigenvalue weighted by Gasteiger charge is -2.22. The molecule has 0 heterocycles. The van der Waals surface area contributed by atoms with Crippen molar-refractivity contribution in [1.82, 2.24) is 0 Å². The molecule has 5 nitrogen and oxygen atoms in total. The summed E-state index contributed by atoms with van der Waals surface area (Å²) in [6.45, 7) is 5.48. The summed E-state index contributed by atoms with van der Waals surface area (Å²) in [6, 6.07) is 7.76. The lowest BCUT2D eigenvalue weighted by atomic mass is 9.84. The number of allylic oxidation sites excluding steroid dienone is 1. The monoisotopic (exact) mass is 331 g/mol. The average molecular weight is 331 g/mol. The summed E-state index contributed by atoms with van der Waals surface area (Å²) >= 11 is 0. The summed E-state index contributed by atoms with van der Waals surface area (Å²) in [4.78, 5) is 23.3. The van der Waals surface area contributed by atoms with Gasteiger partial charge in [0.25, 0.3) is 0 Å². The zero-order chi connectivity index (χ0) is 17.7. The van der Waals surface area contributed by atoms with Gasteiger partial charge in [-0.1, -0.05) is 18.2 Å². The third kappa shape index (κ3) is 5.11. The Balaban J connectivity index is 1.94. The van der Waals surface area contributed by atoms with Crippen molar-refractivity contribution in [2.24, 2.45) is 0 Å². The van der Waals surface area contributed by atoms with Crippen molar-refractivity contribution >= 4 is 17.7 Å². The van der Waals surface area contributed by atoms with E-state index >= 15 is 0 Å². The van der Waals surface area contributed by atoms with Crippen LogP contribution in [0.25, 0.3) is 0 Å². The molecule has 0 aliphatic heterocycles. The highest BCUT2D eigenvalue weighted by molar-refractivity contribution is 5.88. The predicted octanol–water partition coefficient (Wildman–Crippen LogP) is 4.40. The molecule has 1 amide bonds. The molecule has 1 aliphatic carbocycles. The van der Waals surface area contributed by atoms with Gasteiger partial charge in [-0.2, -0.15) is 0 Å². The molecule has 0 fully saturated rings. The lowest BCUT2D eigenvalue weighted by molar-refractivity contribution is -0.136. The minimum absolute atomic E-state index is 0.231. The quantitative estimate of drug-likeness (QED) is 0.834. The summed E-state index contributed by atoms with van der Waals surface area (Å²) < 4.78 is 9.99. The van der Waals surface area contributed by atoms with Gasteiger partial charge in [-0.3, -0.25) is 5.32 Å². The second kappa shape index (κ2) is 7.51. The van der Waals surface area contributed by atoms with Gasteiger partial charge in [0, 0.05) is 11.3 Å². The number of nitrogens with one attached hydrogen (secondary N) is 1. The Hall–Kier alpha value is -2.30. The first-order chi connectivity index (χ1) is 11.3. The Bertz CT molecular complexity index is 626. The zero-order valence-electron chi connectivity index (χ0n) is 14.7. The molecule has 0 spiro atoms. The molecule has 1 N–H and O–H groups in total. The fraction of sp³-hybridized carbons (Fsp3) is 0.474. The summed E-state index contributed by atoms with van der Waals surface area (Å²) in [5, 5.41) is 2.72. The highest BCUT2D eigenvalue weighted by atomic mass is 16.6. The molecule has 0 bridgehead atoms. The van der Waals surface area contributed by atoms with Crippen molar-refractivity contribution in [2.45, 2.75) is 51.6 Å². The molecular weight excluding hydrogens is 306 g/mol. The predicted molar refractivity (Wildman–Crippen MR) is 93.0 cm³/mol. The average Bonchev–Trinajstić information content (AvgIpc) is 2.53. The van der Waals surface area contributed by atoms with E-state index in [0.717, 1.165) is 24.8 Å². The maximum absolute atomic E-state index is 11.8.